The van der Waals surface area contributed by atoms with Crippen molar-refractivity contribution in [2.75, 3.05) is 20.2 Å². The zero-order chi connectivity index (χ0) is 40.9. The molecule has 0 bridgehead atoms. The van der Waals surface area contributed by atoms with E-state index in [-0.39, 0.29) is 10.6 Å². The van der Waals surface area contributed by atoms with Gasteiger partial charge in [-0.15, -0.1) is 0 Å². The van der Waals surface area contributed by atoms with Crippen molar-refractivity contribution in [3.05, 3.63) is 64.7 Å². The zero-order valence-corrected chi connectivity index (χ0v) is 30.5. The van der Waals surface area contributed by atoms with Gasteiger partial charge in [-0.3, -0.25) is 24.0 Å². The Morgan fingerprint density at radius 1 is 0.963 bits per heavy atom. The highest BCUT2D eigenvalue weighted by Gasteiger charge is 2.53. The maximum atomic E-state index is 15.1. The van der Waals surface area contributed by atoms with Crippen molar-refractivity contribution in [2.45, 2.75) is 68.6 Å². The van der Waals surface area contributed by atoms with Crippen LogP contribution >= 0.6 is 11.6 Å². The molecule has 0 aliphatic carbocycles. The summed E-state index contributed by atoms with van der Waals surface area (Å²) in [5.41, 5.74) is -0.580. The minimum absolute atomic E-state index is 0.119. The Kier molecular flexibility index (Phi) is 14.2. The average molecular weight is 817 g/mol. The lowest BCUT2D eigenvalue weighted by Gasteiger charge is -2.30. The molecule has 1 saturated heterocycles. The molecule has 4 N–H and O–H groups in total. The zero-order valence-electron chi connectivity index (χ0n) is 28.9. The van der Waals surface area contributed by atoms with Crippen molar-refractivity contribution < 1.29 is 68.2 Å². The van der Waals surface area contributed by atoms with E-state index < -0.39 is 119 Å². The largest absolute Gasteiger partial charge is 0.497 e. The minimum atomic E-state index is -5.10. The summed E-state index contributed by atoms with van der Waals surface area (Å²) < 4.78 is 126. The molecule has 0 radical (unpaired) electrons. The first-order chi connectivity index (χ1) is 24.9. The molecular weight excluding hydrogens is 781 g/mol. The Bertz CT molecular complexity index is 1750. The third-order valence-electron chi connectivity index (χ3n) is 8.49. The fourth-order valence-electron chi connectivity index (χ4n) is 5.72. The normalized spacial score (nSPS) is 18.7. The molecule has 0 spiro atoms. The molecule has 298 valence electrons. The maximum absolute atomic E-state index is 15.1. The van der Waals surface area contributed by atoms with Crippen LogP contribution in [0.4, 0.5) is 30.7 Å². The van der Waals surface area contributed by atoms with Gasteiger partial charge in [-0.2, -0.15) is 30.7 Å². The van der Waals surface area contributed by atoms with Crippen LogP contribution in [0, 0.1) is 11.8 Å². The van der Waals surface area contributed by atoms with Crippen molar-refractivity contribution in [2.24, 2.45) is 11.8 Å². The molecule has 3 rings (SSSR count). The Balaban J connectivity index is 1.96. The van der Waals surface area contributed by atoms with Gasteiger partial charge in [0.1, 0.15) is 24.4 Å². The van der Waals surface area contributed by atoms with Crippen LogP contribution in [-0.4, -0.2) is 93.5 Å². The van der Waals surface area contributed by atoms with Gasteiger partial charge in [0.05, 0.1) is 18.4 Å². The van der Waals surface area contributed by atoms with Crippen LogP contribution in [0.25, 0.3) is 0 Å². The number of carbonyl (C=O) groups is 5. The number of nitrogens with zero attached hydrogens (tertiary/aromatic N) is 1. The van der Waals surface area contributed by atoms with Gasteiger partial charge in [0.25, 0.3) is 11.8 Å². The first-order valence-corrected chi connectivity index (χ1v) is 17.5. The van der Waals surface area contributed by atoms with Crippen molar-refractivity contribution in [3.63, 3.8) is 0 Å². The molecular formula is C33H36ClF7N4O8S. The quantitative estimate of drug-likeness (QED) is 0.118. The number of methoxy groups -OCH3 is 1. The van der Waals surface area contributed by atoms with E-state index in [1.54, 1.807) is 0 Å². The molecule has 1 aliphatic rings. The highest BCUT2D eigenvalue weighted by atomic mass is 35.5. The van der Waals surface area contributed by atoms with E-state index in [2.05, 4.69) is 0 Å². The third-order valence-corrected chi connectivity index (χ3v) is 9.82. The Hall–Kier alpha value is -4.30. The summed E-state index contributed by atoms with van der Waals surface area (Å²) in [6.45, 7) is 0.622. The van der Waals surface area contributed by atoms with Crippen LogP contribution in [0.2, 0.25) is 5.02 Å². The second-order valence-electron chi connectivity index (χ2n) is 12.7. The van der Waals surface area contributed by atoms with Gasteiger partial charge in [0.15, 0.2) is 11.1 Å². The number of hydrogen-bond donors (Lipinski definition) is 4. The van der Waals surface area contributed by atoms with E-state index in [0.29, 0.717) is 5.75 Å². The molecule has 4 amide bonds. The van der Waals surface area contributed by atoms with Crippen LogP contribution in [0.1, 0.15) is 43.6 Å². The second kappa shape index (κ2) is 17.4. The molecule has 1 aliphatic heterocycles. The lowest BCUT2D eigenvalue weighted by Crippen LogP contribution is -2.60. The molecule has 54 heavy (non-hydrogen) atoms. The van der Waals surface area contributed by atoms with E-state index in [0.717, 1.165) is 35.3 Å². The molecule has 21 heteroatoms. The number of hydrogen-bond acceptors (Lipinski definition) is 7. The molecule has 1 fully saturated rings. The first kappa shape index (κ1) is 44.1. The topological polar surface area (TPSA) is 171 Å². The van der Waals surface area contributed by atoms with E-state index in [1.807, 2.05) is 10.6 Å². The van der Waals surface area contributed by atoms with E-state index in [4.69, 9.17) is 16.3 Å². The average Bonchev–Trinajstić information content (AvgIpc) is 3.53. The van der Waals surface area contributed by atoms with Crippen molar-refractivity contribution in [3.8, 4) is 5.75 Å². The lowest BCUT2D eigenvalue weighted by molar-refractivity contribution is -0.165. The highest BCUT2D eigenvalue weighted by Crippen LogP contribution is 2.38. The van der Waals surface area contributed by atoms with Gasteiger partial charge >= 0.3 is 18.0 Å². The van der Waals surface area contributed by atoms with Crippen LogP contribution in [0.5, 0.6) is 5.75 Å². The maximum Gasteiger partial charge on any atom is 0.405 e. The number of halogens is 8. The smallest absolute Gasteiger partial charge is 0.405 e. The van der Waals surface area contributed by atoms with Crippen molar-refractivity contribution >= 4 is 52.1 Å². The molecule has 2 aromatic carbocycles. The van der Waals surface area contributed by atoms with Crippen molar-refractivity contribution in [1.29, 1.82) is 0 Å². The summed E-state index contributed by atoms with van der Waals surface area (Å²) in [4.78, 5) is 65.9. The number of ether oxygens (including phenoxy) is 1. The van der Waals surface area contributed by atoms with Crippen molar-refractivity contribution in [1.82, 2.24) is 20.9 Å². The number of nitrogens with one attached hydrogen (secondary N) is 3. The van der Waals surface area contributed by atoms with Gasteiger partial charge in [-0.1, -0.05) is 49.7 Å². The third kappa shape index (κ3) is 10.5. The van der Waals surface area contributed by atoms with E-state index >= 15 is 8.78 Å². The summed E-state index contributed by atoms with van der Waals surface area (Å²) in [6.07, 6.45) is -5.57. The van der Waals surface area contributed by atoms with Gasteiger partial charge in [-0.25, -0.2) is 4.21 Å². The van der Waals surface area contributed by atoms with Crippen LogP contribution in [0.3, 0.4) is 0 Å². The highest BCUT2D eigenvalue weighted by molar-refractivity contribution is 7.79. The predicted molar refractivity (Wildman–Crippen MR) is 179 cm³/mol. The number of benzene rings is 2. The molecule has 1 heterocycles. The fraction of sp³-hybridized carbons (Fsp3) is 0.485. The summed E-state index contributed by atoms with van der Waals surface area (Å²) in [6, 6.07) is 4.17. The molecule has 2 unspecified atom stereocenters. The molecule has 12 nitrogen and oxygen atoms in total. The number of amides is 4. The molecule has 0 saturated carbocycles. The van der Waals surface area contributed by atoms with Crippen LogP contribution in [-0.2, 0) is 41.0 Å². The monoisotopic (exact) mass is 816 g/mol. The number of ketones is 1. The van der Waals surface area contributed by atoms with E-state index in [9.17, 15) is 54.7 Å². The van der Waals surface area contributed by atoms with Gasteiger partial charge in [0, 0.05) is 17.1 Å². The van der Waals surface area contributed by atoms with Gasteiger partial charge < -0.3 is 30.1 Å². The number of Topliss-reactive ketones (excluding diaryl/α,β-unsaturated/α-hetero) is 1. The standard InChI is InChI=1S/C33H36ClF7N4O8S/c1-16(2)24(26(46)33(40,41)29(49)42-15-31(35,36)37)44-27(47)23-12-19(25(54(51)52)18-8-10-22(53-4)11-9-18)14-45(23)28(48)17(3)43-30(50)32(38,39)20-6-5-7-21(34)13-20/h5-11,13,16-17,19,23-25H,12,14-15H2,1-4H3,(H,42,49)(H,43,50)(H,44,47)(H,51,52)/t17-,19+,23-,24-,25?/m0/s1. The summed E-state index contributed by atoms with van der Waals surface area (Å²) in [5, 5.41) is 3.36. The van der Waals surface area contributed by atoms with Crippen LogP contribution in [0.15, 0.2) is 48.5 Å². The summed E-state index contributed by atoms with van der Waals surface area (Å²) in [5.74, 6) is -20.5. The number of likely N-dealkylation sites (tertiary alicyclic amines) is 1. The summed E-state index contributed by atoms with van der Waals surface area (Å²) >= 11 is 3.09. The Labute approximate surface area is 311 Å². The first-order valence-electron chi connectivity index (χ1n) is 16.0. The SMILES string of the molecule is COc1ccc(C([C@@H]2C[C@@H](C(=O)N[C@H](C(=O)C(F)(F)C(=O)NCC(F)(F)F)C(C)C)N(C(=O)[C@H](C)NC(=O)C(F)(F)c3cccc(Cl)c3)C2)S(=O)O)cc1. The second-order valence-corrected chi connectivity index (χ2v) is 14.2. The fourth-order valence-corrected chi connectivity index (χ4v) is 6.83. The Morgan fingerprint density at radius 2 is 1.57 bits per heavy atom. The van der Waals surface area contributed by atoms with E-state index in [1.165, 1.54) is 51.3 Å². The Morgan fingerprint density at radius 3 is 2.09 bits per heavy atom. The molecule has 2 aromatic rings. The number of carbonyl (C=O) groups excluding carboxylic acids is 5. The lowest BCUT2D eigenvalue weighted by atomic mass is 9.93. The molecule has 0 aromatic heterocycles. The molecule has 6 atom stereocenters. The van der Waals surface area contributed by atoms with Gasteiger partial charge in [0.2, 0.25) is 17.6 Å². The number of alkyl halides is 7. The number of rotatable bonds is 15. The minimum Gasteiger partial charge on any atom is -0.497 e. The summed E-state index contributed by atoms with van der Waals surface area (Å²) in [7, 11) is 1.37. The predicted octanol–water partition coefficient (Wildman–Crippen LogP) is 4.15. The van der Waals surface area contributed by atoms with Crippen LogP contribution < -0.4 is 20.7 Å². The van der Waals surface area contributed by atoms with Gasteiger partial charge in [-0.05, 0) is 55.0 Å².